The van der Waals surface area contributed by atoms with Gasteiger partial charge in [0.25, 0.3) is 5.89 Å². The summed E-state index contributed by atoms with van der Waals surface area (Å²) in [6.45, 7) is 4.44. The molecule has 4 aromatic rings. The van der Waals surface area contributed by atoms with E-state index < -0.39 is 0 Å². The van der Waals surface area contributed by atoms with Gasteiger partial charge in [-0.25, -0.2) is 4.68 Å². The van der Waals surface area contributed by atoms with Crippen molar-refractivity contribution in [3.05, 3.63) is 54.1 Å². The van der Waals surface area contributed by atoms with Gasteiger partial charge in [0.05, 0.1) is 6.61 Å². The van der Waals surface area contributed by atoms with E-state index in [4.69, 9.17) is 15.0 Å². The summed E-state index contributed by atoms with van der Waals surface area (Å²) in [4.78, 5) is 17.1. The van der Waals surface area contributed by atoms with E-state index in [1.54, 1.807) is 24.3 Å². The van der Waals surface area contributed by atoms with Crippen molar-refractivity contribution in [2.45, 2.75) is 25.4 Å². The van der Waals surface area contributed by atoms with Gasteiger partial charge in [0.1, 0.15) is 28.7 Å². The van der Waals surface area contributed by atoms with Crippen LogP contribution in [0, 0.1) is 6.92 Å². The predicted octanol–water partition coefficient (Wildman–Crippen LogP) is 4.25. The number of rotatable bonds is 8. The molecule has 0 fully saturated rings. The van der Waals surface area contributed by atoms with E-state index in [2.05, 4.69) is 20.6 Å². The number of benzene rings is 2. The van der Waals surface area contributed by atoms with Crippen molar-refractivity contribution in [3.63, 3.8) is 0 Å². The van der Waals surface area contributed by atoms with Crippen LogP contribution in [0.4, 0.5) is 11.5 Å². The van der Waals surface area contributed by atoms with E-state index in [0.29, 0.717) is 28.7 Å². The minimum Gasteiger partial charge on any atom is -0.494 e. The number of amides is 1. The van der Waals surface area contributed by atoms with Gasteiger partial charge >= 0.3 is 0 Å². The molecule has 0 saturated carbocycles. The summed E-state index contributed by atoms with van der Waals surface area (Å²) in [5, 5.41) is 12.0. The van der Waals surface area contributed by atoms with Crippen molar-refractivity contribution in [1.82, 2.24) is 19.9 Å². The van der Waals surface area contributed by atoms with Gasteiger partial charge in [0, 0.05) is 11.3 Å². The highest BCUT2D eigenvalue weighted by Gasteiger charge is 2.23. The predicted molar refractivity (Wildman–Crippen MR) is 128 cm³/mol. The fourth-order valence-corrected chi connectivity index (χ4v) is 3.78. The Morgan fingerprint density at radius 1 is 1.18 bits per heavy atom. The molecule has 2 heterocycles. The summed E-state index contributed by atoms with van der Waals surface area (Å²) >= 11 is 1.38. The topological polar surface area (TPSA) is 121 Å². The van der Waals surface area contributed by atoms with Gasteiger partial charge in [-0.15, -0.1) is 11.8 Å². The van der Waals surface area contributed by atoms with Gasteiger partial charge in [0.15, 0.2) is 0 Å². The van der Waals surface area contributed by atoms with E-state index in [1.165, 1.54) is 16.4 Å². The number of hydrogen-bond donors (Lipinski definition) is 2. The molecule has 0 bridgehead atoms. The molecule has 0 atom stereocenters. The summed E-state index contributed by atoms with van der Waals surface area (Å²) in [7, 11) is 0. The molecule has 0 aliphatic rings. The number of nitrogens with two attached hydrogens (primary N) is 1. The third kappa shape index (κ3) is 5.01. The number of aromatic nitrogens is 4. The number of ether oxygens (including phenoxy) is 1. The lowest BCUT2D eigenvalue weighted by Crippen LogP contribution is -2.20. The molecular formula is C23H24N6O3S. The maximum atomic E-state index is 12.6. The second-order valence-corrected chi connectivity index (χ2v) is 8.02. The van der Waals surface area contributed by atoms with Gasteiger partial charge in [0.2, 0.25) is 11.7 Å². The molecule has 170 valence electrons. The molecule has 1 amide bonds. The zero-order valence-corrected chi connectivity index (χ0v) is 19.3. The number of thioether (sulfide) groups is 1. The third-order valence-corrected chi connectivity index (χ3v) is 5.52. The molecular weight excluding hydrogens is 440 g/mol. The first kappa shape index (κ1) is 22.4. The van der Waals surface area contributed by atoms with Gasteiger partial charge in [-0.05, 0) is 44.4 Å². The Balaban J connectivity index is 1.53. The standard InChI is InChI=1S/C23H24N6O3S/c1-4-31-17-11-9-16(10-12-17)25-18(30)13-29-20(24)19(23(27-29)33-3)22-26-21(28-32-22)15-7-5-14(2)6-8-15/h5-12H,4,13,24H2,1-3H3,(H,25,30). The number of nitrogens with one attached hydrogen (secondary N) is 1. The van der Waals surface area contributed by atoms with Crippen molar-refractivity contribution in [3.8, 4) is 28.6 Å². The van der Waals surface area contributed by atoms with Crippen LogP contribution in [0.15, 0.2) is 58.1 Å². The highest BCUT2D eigenvalue weighted by Crippen LogP contribution is 2.34. The molecule has 2 aromatic carbocycles. The summed E-state index contributed by atoms with van der Waals surface area (Å²) in [6.07, 6.45) is 1.87. The molecule has 0 spiro atoms. The average molecular weight is 465 g/mol. The number of aryl methyl sites for hydroxylation is 1. The molecule has 0 saturated heterocycles. The Labute approximate surface area is 195 Å². The molecule has 0 aliphatic carbocycles. The first-order valence-electron chi connectivity index (χ1n) is 10.3. The molecule has 0 aliphatic heterocycles. The lowest BCUT2D eigenvalue weighted by molar-refractivity contribution is -0.116. The minimum absolute atomic E-state index is 0.0639. The Bertz CT molecular complexity index is 1250. The van der Waals surface area contributed by atoms with Crippen molar-refractivity contribution < 1.29 is 14.1 Å². The fourth-order valence-electron chi connectivity index (χ4n) is 3.20. The second-order valence-electron chi connectivity index (χ2n) is 7.22. The summed E-state index contributed by atoms with van der Waals surface area (Å²) in [6, 6.07) is 15.0. The largest absolute Gasteiger partial charge is 0.494 e. The Morgan fingerprint density at radius 3 is 2.58 bits per heavy atom. The summed E-state index contributed by atoms with van der Waals surface area (Å²) in [5.74, 6) is 1.47. The van der Waals surface area contributed by atoms with Crippen molar-refractivity contribution in [2.75, 3.05) is 23.9 Å². The minimum atomic E-state index is -0.265. The second kappa shape index (κ2) is 9.78. The summed E-state index contributed by atoms with van der Waals surface area (Å²) < 4.78 is 12.3. The average Bonchev–Trinajstić information content (AvgIpc) is 3.40. The Kier molecular flexibility index (Phi) is 6.64. The highest BCUT2D eigenvalue weighted by molar-refractivity contribution is 7.98. The number of anilines is 2. The quantitative estimate of drug-likeness (QED) is 0.371. The van der Waals surface area contributed by atoms with Gasteiger partial charge in [-0.3, -0.25) is 4.79 Å². The maximum Gasteiger partial charge on any atom is 0.264 e. The molecule has 3 N–H and O–H groups in total. The van der Waals surface area contributed by atoms with Crippen LogP contribution in [0.5, 0.6) is 5.75 Å². The molecule has 4 rings (SSSR count). The lowest BCUT2D eigenvalue weighted by Gasteiger charge is -2.08. The van der Waals surface area contributed by atoms with Crippen molar-refractivity contribution in [2.24, 2.45) is 0 Å². The zero-order valence-electron chi connectivity index (χ0n) is 18.5. The molecule has 10 heteroatoms. The summed E-state index contributed by atoms with van der Waals surface area (Å²) in [5.41, 5.74) is 9.48. The van der Waals surface area contributed by atoms with Crippen LogP contribution < -0.4 is 15.8 Å². The van der Waals surface area contributed by atoms with E-state index in [-0.39, 0.29) is 24.2 Å². The van der Waals surface area contributed by atoms with Crippen LogP contribution in [0.1, 0.15) is 12.5 Å². The molecule has 0 unspecified atom stereocenters. The molecule has 2 aromatic heterocycles. The van der Waals surface area contributed by atoms with Gasteiger partial charge in [-0.1, -0.05) is 35.0 Å². The SMILES string of the molecule is CCOc1ccc(NC(=O)Cn2nc(SC)c(-c3nc(-c4ccc(C)cc4)no3)c2N)cc1. The van der Waals surface area contributed by atoms with Gasteiger partial charge < -0.3 is 20.3 Å². The number of hydrogen-bond acceptors (Lipinski definition) is 8. The van der Waals surface area contributed by atoms with Crippen molar-refractivity contribution in [1.29, 1.82) is 0 Å². The molecule has 9 nitrogen and oxygen atoms in total. The van der Waals surface area contributed by atoms with Crippen molar-refractivity contribution >= 4 is 29.2 Å². The third-order valence-electron chi connectivity index (χ3n) is 4.85. The number of carbonyl (C=O) groups excluding carboxylic acids is 1. The maximum absolute atomic E-state index is 12.6. The van der Waals surface area contributed by atoms with Crippen LogP contribution in [0.25, 0.3) is 22.8 Å². The van der Waals surface area contributed by atoms with Crippen LogP contribution in [0.2, 0.25) is 0 Å². The normalized spacial score (nSPS) is 10.9. The first-order valence-corrected chi connectivity index (χ1v) is 11.5. The zero-order chi connectivity index (χ0) is 23.4. The van der Waals surface area contributed by atoms with E-state index in [1.807, 2.05) is 44.4 Å². The smallest absolute Gasteiger partial charge is 0.264 e. The number of nitrogens with zero attached hydrogens (tertiary/aromatic N) is 4. The number of carbonyl (C=O) groups is 1. The lowest BCUT2D eigenvalue weighted by atomic mass is 10.1. The van der Waals surface area contributed by atoms with Crippen LogP contribution in [0.3, 0.4) is 0 Å². The van der Waals surface area contributed by atoms with E-state index in [0.717, 1.165) is 16.9 Å². The molecule has 33 heavy (non-hydrogen) atoms. The Morgan fingerprint density at radius 2 is 1.91 bits per heavy atom. The van der Waals surface area contributed by atoms with Crippen LogP contribution in [-0.2, 0) is 11.3 Å². The monoisotopic (exact) mass is 464 g/mol. The molecule has 0 radical (unpaired) electrons. The Hall–Kier alpha value is -3.79. The fraction of sp³-hybridized carbons (Fsp3) is 0.217. The van der Waals surface area contributed by atoms with E-state index in [9.17, 15) is 4.79 Å². The van der Waals surface area contributed by atoms with Crippen LogP contribution in [-0.4, -0.2) is 38.7 Å². The van der Waals surface area contributed by atoms with E-state index >= 15 is 0 Å². The highest BCUT2D eigenvalue weighted by atomic mass is 32.2. The number of nitrogen functional groups attached to an aromatic ring is 1. The van der Waals surface area contributed by atoms with Gasteiger partial charge in [-0.2, -0.15) is 10.1 Å². The first-order chi connectivity index (χ1) is 16.0. The van der Waals surface area contributed by atoms with Crippen LogP contribution >= 0.6 is 11.8 Å².